The van der Waals surface area contributed by atoms with E-state index >= 15 is 0 Å². The van der Waals surface area contributed by atoms with Gasteiger partial charge in [-0.15, -0.1) is 0 Å². The van der Waals surface area contributed by atoms with Crippen molar-refractivity contribution in [1.29, 1.82) is 0 Å². The highest BCUT2D eigenvalue weighted by atomic mass is 16.2. The number of carbonyl (C=O) groups excluding carboxylic acids is 2. The molecular formula is C37H36N8O2. The number of hydrogen-bond donors (Lipinski definition) is 2. The number of rotatable bonds is 8. The van der Waals surface area contributed by atoms with Gasteiger partial charge in [0.05, 0.1) is 29.7 Å². The number of hydrogen-bond acceptors (Lipinski definition) is 7. The number of fused-ring (bicyclic) bond motifs is 3. The number of anilines is 2. The Hall–Kier alpha value is -5.35. The summed E-state index contributed by atoms with van der Waals surface area (Å²) in [5, 5.41) is 11.6. The third kappa shape index (κ3) is 5.99. The molecule has 0 spiro atoms. The minimum absolute atomic E-state index is 0.00936. The molecule has 0 saturated carbocycles. The van der Waals surface area contributed by atoms with Crippen molar-refractivity contribution in [3.63, 3.8) is 0 Å². The number of H-pyrrole nitrogens is 1. The van der Waals surface area contributed by atoms with Crippen molar-refractivity contribution in [2.75, 3.05) is 42.9 Å². The van der Waals surface area contributed by atoms with Gasteiger partial charge >= 0.3 is 0 Å². The van der Waals surface area contributed by atoms with Crippen molar-refractivity contribution in [3.05, 3.63) is 103 Å². The lowest BCUT2D eigenvalue weighted by Crippen LogP contribution is -2.51. The summed E-state index contributed by atoms with van der Waals surface area (Å²) < 4.78 is 0. The lowest BCUT2D eigenvalue weighted by atomic mass is 10.1. The fourth-order valence-electron chi connectivity index (χ4n) is 7.23. The van der Waals surface area contributed by atoms with Crippen LogP contribution in [-0.2, 0) is 9.59 Å². The fraction of sp³-hybridized carbons (Fsp3) is 0.270. The Balaban J connectivity index is 0.838. The standard InChI is InChI=1S/C37H36N8O2/c46-35(45-23-30-20-31(45)22-44(30)29-11-8-26(9-12-29)36-38-16-4-17-39-36)24-43-18-15-27(21-43)37(47)40-28-10-14-34-32(19-28)33(41-42-34)13-7-25-5-2-1-3-6-25/h1-14,16-17,19,27,30-31H,15,18,20-24H2,(H,40,47)(H,41,42)/t27-,30+,31+/m1/s1. The fourth-order valence-corrected chi connectivity index (χ4v) is 7.23. The number of carbonyl (C=O) groups is 2. The van der Waals surface area contributed by atoms with Crippen LogP contribution in [0.4, 0.5) is 11.4 Å². The predicted octanol–water partition coefficient (Wildman–Crippen LogP) is 4.94. The molecule has 0 unspecified atom stereocenters. The van der Waals surface area contributed by atoms with Crippen LogP contribution in [0.15, 0.2) is 91.3 Å². The van der Waals surface area contributed by atoms with Crippen LogP contribution < -0.4 is 10.2 Å². The van der Waals surface area contributed by atoms with Crippen LogP contribution in [0.2, 0.25) is 0 Å². The molecule has 47 heavy (non-hydrogen) atoms. The summed E-state index contributed by atoms with van der Waals surface area (Å²) in [6, 6.07) is 26.6. The van der Waals surface area contributed by atoms with E-state index in [1.807, 2.05) is 66.7 Å². The van der Waals surface area contributed by atoms with Crippen LogP contribution in [0.5, 0.6) is 0 Å². The van der Waals surface area contributed by atoms with E-state index in [0.29, 0.717) is 19.1 Å². The van der Waals surface area contributed by atoms with E-state index in [9.17, 15) is 9.59 Å². The van der Waals surface area contributed by atoms with Crippen LogP contribution in [-0.4, -0.2) is 86.6 Å². The van der Waals surface area contributed by atoms with Crippen molar-refractivity contribution in [1.82, 2.24) is 30.0 Å². The summed E-state index contributed by atoms with van der Waals surface area (Å²) in [5.74, 6) is 0.716. The van der Waals surface area contributed by atoms with Gasteiger partial charge < -0.3 is 15.1 Å². The number of aromatic nitrogens is 4. The van der Waals surface area contributed by atoms with Gasteiger partial charge in [-0.25, -0.2) is 9.97 Å². The zero-order chi connectivity index (χ0) is 31.7. The second kappa shape index (κ2) is 12.4. The molecule has 2 aromatic heterocycles. The molecule has 5 heterocycles. The van der Waals surface area contributed by atoms with Gasteiger partial charge in [0.2, 0.25) is 11.8 Å². The third-order valence-corrected chi connectivity index (χ3v) is 9.68. The van der Waals surface area contributed by atoms with Crippen molar-refractivity contribution in [2.45, 2.75) is 24.9 Å². The number of nitrogens with zero attached hydrogens (tertiary/aromatic N) is 6. The maximum absolute atomic E-state index is 13.4. The van der Waals surface area contributed by atoms with Crippen LogP contribution >= 0.6 is 0 Å². The second-order valence-electron chi connectivity index (χ2n) is 12.7. The summed E-state index contributed by atoms with van der Waals surface area (Å²) in [7, 11) is 0. The van der Waals surface area contributed by atoms with E-state index < -0.39 is 0 Å². The van der Waals surface area contributed by atoms with E-state index in [0.717, 1.165) is 71.7 Å². The topological polar surface area (TPSA) is 110 Å². The summed E-state index contributed by atoms with van der Waals surface area (Å²) in [6.07, 6.45) is 9.24. The number of likely N-dealkylation sites (tertiary alicyclic amines) is 2. The normalized spacial score (nSPS) is 20.9. The maximum Gasteiger partial charge on any atom is 0.237 e. The molecule has 10 nitrogen and oxygen atoms in total. The number of nitrogens with one attached hydrogen (secondary N) is 2. The molecule has 3 aliphatic rings. The van der Waals surface area contributed by atoms with Gasteiger partial charge in [0.1, 0.15) is 0 Å². The van der Waals surface area contributed by atoms with E-state index in [-0.39, 0.29) is 23.8 Å². The zero-order valence-corrected chi connectivity index (χ0v) is 26.0. The van der Waals surface area contributed by atoms with Gasteiger partial charge in [-0.05, 0) is 79.6 Å². The van der Waals surface area contributed by atoms with E-state index in [1.165, 1.54) is 5.69 Å². The van der Waals surface area contributed by atoms with Crippen molar-refractivity contribution >= 4 is 46.2 Å². The number of aromatic amines is 1. The van der Waals surface area contributed by atoms with Crippen molar-refractivity contribution in [2.24, 2.45) is 5.92 Å². The predicted molar refractivity (Wildman–Crippen MR) is 183 cm³/mol. The first-order valence-corrected chi connectivity index (χ1v) is 16.3. The van der Waals surface area contributed by atoms with Gasteiger partial charge in [0.15, 0.2) is 5.82 Å². The average Bonchev–Trinajstić information content (AvgIpc) is 3.93. The van der Waals surface area contributed by atoms with E-state index in [4.69, 9.17) is 0 Å². The molecule has 3 aliphatic heterocycles. The Bertz CT molecular complexity index is 1920. The lowest BCUT2D eigenvalue weighted by molar-refractivity contribution is -0.133. The molecule has 8 rings (SSSR count). The van der Waals surface area contributed by atoms with Gasteiger partial charge in [0.25, 0.3) is 0 Å². The molecule has 236 valence electrons. The summed E-state index contributed by atoms with van der Waals surface area (Å²) in [5.41, 5.74) is 5.74. The Kier molecular flexibility index (Phi) is 7.70. The van der Waals surface area contributed by atoms with E-state index in [1.54, 1.807) is 12.4 Å². The first kappa shape index (κ1) is 29.1. The molecule has 3 saturated heterocycles. The second-order valence-corrected chi connectivity index (χ2v) is 12.7. The van der Waals surface area contributed by atoms with Crippen LogP contribution in [0.3, 0.4) is 0 Å². The van der Waals surface area contributed by atoms with Crippen molar-refractivity contribution < 1.29 is 9.59 Å². The van der Waals surface area contributed by atoms with Gasteiger partial charge in [0, 0.05) is 60.4 Å². The zero-order valence-electron chi connectivity index (χ0n) is 26.0. The highest BCUT2D eigenvalue weighted by Gasteiger charge is 2.45. The van der Waals surface area contributed by atoms with Crippen LogP contribution in [0.1, 0.15) is 24.1 Å². The molecule has 2 bridgehead atoms. The third-order valence-electron chi connectivity index (χ3n) is 9.68. The van der Waals surface area contributed by atoms with Gasteiger partial charge in [-0.3, -0.25) is 19.6 Å². The maximum atomic E-state index is 13.4. The number of amides is 2. The van der Waals surface area contributed by atoms with E-state index in [2.05, 4.69) is 64.4 Å². The Morgan fingerprint density at radius 3 is 2.51 bits per heavy atom. The van der Waals surface area contributed by atoms with Gasteiger partial charge in [-0.1, -0.05) is 36.4 Å². The highest BCUT2D eigenvalue weighted by molar-refractivity contribution is 5.97. The highest BCUT2D eigenvalue weighted by Crippen LogP contribution is 2.35. The monoisotopic (exact) mass is 624 g/mol. The quantitative estimate of drug-likeness (QED) is 0.252. The summed E-state index contributed by atoms with van der Waals surface area (Å²) in [4.78, 5) is 42.0. The lowest BCUT2D eigenvalue weighted by Gasteiger charge is -2.36. The molecule has 0 radical (unpaired) electrons. The number of piperazine rings is 1. The summed E-state index contributed by atoms with van der Waals surface area (Å²) >= 11 is 0. The molecule has 3 fully saturated rings. The minimum atomic E-state index is -0.157. The van der Waals surface area contributed by atoms with Gasteiger partial charge in [-0.2, -0.15) is 5.10 Å². The number of benzene rings is 3. The molecule has 2 N–H and O–H groups in total. The average molecular weight is 625 g/mol. The largest absolute Gasteiger partial charge is 0.365 e. The molecule has 3 aromatic carbocycles. The first-order chi connectivity index (χ1) is 23.1. The molecular weight excluding hydrogens is 588 g/mol. The molecule has 10 heteroatoms. The SMILES string of the molecule is O=C(Nc1ccc2[nH]nc(C=Cc3ccccc3)c2c1)[C@@H]1CCN(CC(=O)N2C[C@@H]3C[C@H]2CN3c2ccc(-c3ncccn3)cc2)C1. The molecule has 5 aromatic rings. The Labute approximate surface area is 273 Å². The molecule has 2 amide bonds. The molecule has 3 atom stereocenters. The minimum Gasteiger partial charge on any atom is -0.365 e. The van der Waals surface area contributed by atoms with Crippen molar-refractivity contribution in [3.8, 4) is 11.4 Å². The Morgan fingerprint density at radius 1 is 0.894 bits per heavy atom. The van der Waals surface area contributed by atoms with Crippen LogP contribution in [0, 0.1) is 5.92 Å². The van der Waals surface area contributed by atoms with Crippen LogP contribution in [0.25, 0.3) is 34.4 Å². The molecule has 0 aliphatic carbocycles. The first-order valence-electron chi connectivity index (χ1n) is 16.3. The summed E-state index contributed by atoms with van der Waals surface area (Å²) in [6.45, 7) is 3.26. The smallest absolute Gasteiger partial charge is 0.237 e. The Morgan fingerprint density at radius 2 is 1.72 bits per heavy atom.